The Morgan fingerprint density at radius 1 is 0.500 bits per heavy atom. The molecule has 14 heavy (non-hydrogen) atoms. The summed E-state index contributed by atoms with van der Waals surface area (Å²) in [7, 11) is 0. The average Bonchev–Trinajstić information content (AvgIpc) is 2.18. The zero-order chi connectivity index (χ0) is 10.2. The Morgan fingerprint density at radius 2 is 0.786 bits per heavy atom. The van der Waals surface area contributed by atoms with Gasteiger partial charge < -0.3 is 0 Å². The second-order valence-electron chi connectivity index (χ2n) is 4.44. The van der Waals surface area contributed by atoms with Crippen molar-refractivity contribution in [2.45, 2.75) is 73.9 Å². The molecule has 1 rings (SSSR count). The van der Waals surface area contributed by atoms with Gasteiger partial charge in [0, 0.05) is 9.65 Å². The fourth-order valence-electron chi connectivity index (χ4n) is 2.10. The van der Waals surface area contributed by atoms with E-state index in [2.05, 4.69) is 31.9 Å². The Hall–Kier alpha value is 0.960. The summed E-state index contributed by atoms with van der Waals surface area (Å²) in [6.45, 7) is 0. The van der Waals surface area contributed by atoms with Gasteiger partial charge in [-0.1, -0.05) is 83.2 Å². The van der Waals surface area contributed by atoms with Crippen LogP contribution in [0.2, 0.25) is 0 Å². The summed E-state index contributed by atoms with van der Waals surface area (Å²) in [5.74, 6) is 0. The first-order chi connectivity index (χ1) is 6.80. The molecule has 1 aliphatic carbocycles. The van der Waals surface area contributed by atoms with Crippen LogP contribution in [0.5, 0.6) is 0 Å². The highest BCUT2D eigenvalue weighted by atomic mass is 79.9. The topological polar surface area (TPSA) is 0 Å². The van der Waals surface area contributed by atoms with Gasteiger partial charge in [0.15, 0.2) is 0 Å². The molecule has 0 nitrogen and oxygen atoms in total. The van der Waals surface area contributed by atoms with E-state index in [1.807, 2.05) is 0 Å². The second-order valence-corrected chi connectivity index (χ2v) is 6.79. The zero-order valence-electron chi connectivity index (χ0n) is 8.98. The average molecular weight is 326 g/mol. The van der Waals surface area contributed by atoms with Crippen molar-refractivity contribution in [3.63, 3.8) is 0 Å². The fourth-order valence-corrected chi connectivity index (χ4v) is 3.28. The van der Waals surface area contributed by atoms with Crippen molar-refractivity contribution in [2.24, 2.45) is 0 Å². The maximum absolute atomic E-state index is 3.80. The Bertz CT molecular complexity index is 120. The van der Waals surface area contributed by atoms with E-state index in [1.165, 1.54) is 64.2 Å². The molecule has 0 bridgehead atoms. The molecule has 1 fully saturated rings. The molecule has 1 aliphatic rings. The summed E-state index contributed by atoms with van der Waals surface area (Å²) >= 11 is 7.59. The summed E-state index contributed by atoms with van der Waals surface area (Å²) in [4.78, 5) is 1.39. The smallest absolute Gasteiger partial charge is 0.0271 e. The molecule has 1 unspecified atom stereocenters. The Kier molecular flexibility index (Phi) is 7.58. The van der Waals surface area contributed by atoms with Gasteiger partial charge in [-0.15, -0.1) is 0 Å². The largest absolute Gasteiger partial charge is 0.0879 e. The first-order valence-electron chi connectivity index (χ1n) is 6.09. The number of rotatable bonds is 0. The molecule has 2 heteroatoms. The van der Waals surface area contributed by atoms with E-state index in [0.717, 1.165) is 0 Å². The van der Waals surface area contributed by atoms with E-state index in [4.69, 9.17) is 0 Å². The second kappa shape index (κ2) is 8.15. The van der Waals surface area contributed by atoms with Crippen molar-refractivity contribution in [2.75, 3.05) is 0 Å². The third kappa shape index (κ3) is 5.75. The third-order valence-corrected chi connectivity index (χ3v) is 6.00. The van der Waals surface area contributed by atoms with E-state index in [9.17, 15) is 0 Å². The van der Waals surface area contributed by atoms with Crippen molar-refractivity contribution in [1.29, 1.82) is 0 Å². The SMILES string of the molecule is BrC1CCCCCCCCCC[C@H]1Br. The number of hydrogen-bond acceptors (Lipinski definition) is 0. The van der Waals surface area contributed by atoms with Gasteiger partial charge in [0.25, 0.3) is 0 Å². The number of halogens is 2. The Labute approximate surface area is 105 Å². The molecule has 0 N–H and O–H groups in total. The van der Waals surface area contributed by atoms with Crippen molar-refractivity contribution in [1.82, 2.24) is 0 Å². The summed E-state index contributed by atoms with van der Waals surface area (Å²) in [6.07, 6.45) is 14.2. The quantitative estimate of drug-likeness (QED) is 0.521. The molecule has 84 valence electrons. The van der Waals surface area contributed by atoms with Crippen LogP contribution in [-0.4, -0.2) is 9.65 Å². The molecule has 0 amide bonds. The highest BCUT2D eigenvalue weighted by Gasteiger charge is 2.15. The van der Waals surface area contributed by atoms with Crippen molar-refractivity contribution >= 4 is 31.9 Å². The van der Waals surface area contributed by atoms with Crippen LogP contribution in [0.4, 0.5) is 0 Å². The van der Waals surface area contributed by atoms with Gasteiger partial charge in [0.2, 0.25) is 0 Å². The van der Waals surface area contributed by atoms with Crippen LogP contribution in [0.25, 0.3) is 0 Å². The van der Waals surface area contributed by atoms with Crippen LogP contribution < -0.4 is 0 Å². The van der Waals surface area contributed by atoms with Crippen LogP contribution in [-0.2, 0) is 0 Å². The first-order valence-corrected chi connectivity index (χ1v) is 7.92. The summed E-state index contributed by atoms with van der Waals surface area (Å²) < 4.78 is 0. The van der Waals surface area contributed by atoms with Crippen LogP contribution in [0.3, 0.4) is 0 Å². The minimum atomic E-state index is 0.696. The minimum absolute atomic E-state index is 0.696. The van der Waals surface area contributed by atoms with E-state index < -0.39 is 0 Å². The highest BCUT2D eigenvalue weighted by Crippen LogP contribution is 2.26. The Balaban J connectivity index is 2.23. The summed E-state index contributed by atoms with van der Waals surface area (Å²) in [5, 5.41) is 0. The minimum Gasteiger partial charge on any atom is -0.0879 e. The van der Waals surface area contributed by atoms with Crippen molar-refractivity contribution in [3.05, 3.63) is 0 Å². The molecule has 0 aromatic heterocycles. The summed E-state index contributed by atoms with van der Waals surface area (Å²) in [5.41, 5.74) is 0. The number of hydrogen-bond donors (Lipinski definition) is 0. The van der Waals surface area contributed by atoms with E-state index in [0.29, 0.717) is 9.65 Å². The first kappa shape index (κ1) is 13.0. The van der Waals surface area contributed by atoms with E-state index >= 15 is 0 Å². The van der Waals surface area contributed by atoms with Crippen molar-refractivity contribution < 1.29 is 0 Å². The lowest BCUT2D eigenvalue weighted by Gasteiger charge is -2.17. The number of alkyl halides is 2. The molecule has 0 aliphatic heterocycles. The van der Waals surface area contributed by atoms with Gasteiger partial charge in [0.05, 0.1) is 0 Å². The molecule has 0 aromatic carbocycles. The monoisotopic (exact) mass is 324 g/mol. The van der Waals surface area contributed by atoms with Crippen LogP contribution in [0, 0.1) is 0 Å². The molecule has 2 atom stereocenters. The third-order valence-electron chi connectivity index (χ3n) is 3.10. The maximum atomic E-state index is 3.80. The van der Waals surface area contributed by atoms with Crippen LogP contribution in [0.15, 0.2) is 0 Å². The molecular weight excluding hydrogens is 304 g/mol. The zero-order valence-corrected chi connectivity index (χ0v) is 12.2. The molecular formula is C12H22Br2. The lowest BCUT2D eigenvalue weighted by atomic mass is 10.0. The molecule has 1 saturated carbocycles. The molecule has 0 saturated heterocycles. The predicted octanol–water partition coefficient (Wildman–Crippen LogP) is 5.43. The van der Waals surface area contributed by atoms with Gasteiger partial charge in [-0.2, -0.15) is 0 Å². The van der Waals surface area contributed by atoms with Crippen LogP contribution >= 0.6 is 31.9 Å². The predicted molar refractivity (Wildman–Crippen MR) is 71.6 cm³/mol. The van der Waals surface area contributed by atoms with Gasteiger partial charge in [-0.3, -0.25) is 0 Å². The van der Waals surface area contributed by atoms with Gasteiger partial charge in [-0.05, 0) is 12.8 Å². The lowest BCUT2D eigenvalue weighted by Crippen LogP contribution is -2.14. The normalized spacial score (nSPS) is 33.0. The highest BCUT2D eigenvalue weighted by molar-refractivity contribution is 9.12. The van der Waals surface area contributed by atoms with Gasteiger partial charge in [0.1, 0.15) is 0 Å². The molecule has 0 radical (unpaired) electrons. The van der Waals surface area contributed by atoms with Gasteiger partial charge >= 0.3 is 0 Å². The molecule has 0 spiro atoms. The standard InChI is InChI=1S/C12H22Br2/c13-11-9-7-5-3-1-2-4-6-8-10-12(11)14/h11-12H,1-10H2/t11-,12?/m1/s1. The van der Waals surface area contributed by atoms with Gasteiger partial charge in [-0.25, -0.2) is 0 Å². The van der Waals surface area contributed by atoms with E-state index in [-0.39, 0.29) is 0 Å². The van der Waals surface area contributed by atoms with E-state index in [1.54, 1.807) is 0 Å². The Morgan fingerprint density at radius 3 is 1.14 bits per heavy atom. The summed E-state index contributed by atoms with van der Waals surface area (Å²) in [6, 6.07) is 0. The lowest BCUT2D eigenvalue weighted by molar-refractivity contribution is 0.519. The maximum Gasteiger partial charge on any atom is 0.0271 e. The van der Waals surface area contributed by atoms with Crippen LogP contribution in [0.1, 0.15) is 64.2 Å². The molecule has 0 heterocycles. The molecule has 0 aromatic rings. The fraction of sp³-hybridized carbons (Fsp3) is 1.00. The van der Waals surface area contributed by atoms with Crippen molar-refractivity contribution in [3.8, 4) is 0 Å².